The first-order valence-corrected chi connectivity index (χ1v) is 9.38. The summed E-state index contributed by atoms with van der Waals surface area (Å²) in [5.41, 5.74) is 3.32. The molecule has 1 fully saturated rings. The molecule has 26 heavy (non-hydrogen) atoms. The van der Waals surface area contributed by atoms with Gasteiger partial charge in [0.1, 0.15) is 18.2 Å². The molecule has 0 spiro atoms. The molecule has 0 radical (unpaired) electrons. The summed E-state index contributed by atoms with van der Waals surface area (Å²) in [6.45, 7) is 7.06. The van der Waals surface area contributed by atoms with Crippen LogP contribution in [0.4, 0.5) is 5.82 Å². The molecule has 0 bridgehead atoms. The summed E-state index contributed by atoms with van der Waals surface area (Å²) >= 11 is 0. The first-order valence-electron chi connectivity index (χ1n) is 9.38. The number of hydrogen-bond donors (Lipinski definition) is 0. The molecule has 1 atom stereocenters. The van der Waals surface area contributed by atoms with Crippen molar-refractivity contribution < 1.29 is 4.84 Å². The zero-order valence-electron chi connectivity index (χ0n) is 15.2. The van der Waals surface area contributed by atoms with E-state index in [4.69, 9.17) is 4.84 Å². The van der Waals surface area contributed by atoms with Crippen molar-refractivity contribution in [3.63, 3.8) is 0 Å². The quantitative estimate of drug-likeness (QED) is 0.828. The Labute approximate surface area is 154 Å². The first kappa shape index (κ1) is 17.0. The molecule has 3 heterocycles. The molecule has 6 nitrogen and oxygen atoms in total. The van der Waals surface area contributed by atoms with Crippen molar-refractivity contribution in [1.82, 2.24) is 14.9 Å². The van der Waals surface area contributed by atoms with Crippen LogP contribution in [-0.4, -0.2) is 59.4 Å². The molecule has 0 saturated carbocycles. The topological polar surface area (TPSA) is 53.9 Å². The number of piperazine rings is 1. The van der Waals surface area contributed by atoms with Crippen LogP contribution in [0.3, 0.4) is 0 Å². The summed E-state index contributed by atoms with van der Waals surface area (Å²) in [5.74, 6) is 1.04. The van der Waals surface area contributed by atoms with Crippen molar-refractivity contribution in [3.05, 3.63) is 54.0 Å². The van der Waals surface area contributed by atoms with E-state index in [1.54, 1.807) is 6.33 Å². The van der Waals surface area contributed by atoms with Crippen LogP contribution in [-0.2, 0) is 11.3 Å². The minimum Gasteiger partial charge on any atom is -0.390 e. The number of hydrogen-bond acceptors (Lipinski definition) is 6. The van der Waals surface area contributed by atoms with Gasteiger partial charge in [-0.25, -0.2) is 9.97 Å². The zero-order chi connectivity index (χ0) is 17.8. The lowest BCUT2D eigenvalue weighted by Crippen LogP contribution is -2.48. The summed E-state index contributed by atoms with van der Waals surface area (Å²) in [6, 6.07) is 12.4. The molecule has 1 aromatic carbocycles. The number of aromatic nitrogens is 2. The molecular formula is C20H25N5O. The molecule has 2 aliphatic rings. The van der Waals surface area contributed by atoms with Gasteiger partial charge in [-0.3, -0.25) is 4.90 Å². The number of benzene rings is 1. The summed E-state index contributed by atoms with van der Waals surface area (Å²) in [5, 5.41) is 4.30. The summed E-state index contributed by atoms with van der Waals surface area (Å²) in [4.78, 5) is 19.2. The standard InChI is InChI=1S/C20H25N5O/c1-2-17-12-20(22-15-21-17)25-10-8-24(9-11-25)14-18-13-19(23-26-18)16-6-4-3-5-7-16/h3-7,12,15,18H,2,8-11,13-14H2,1H3. The molecule has 1 aromatic heterocycles. The third-order valence-electron chi connectivity index (χ3n) is 5.07. The fourth-order valence-electron chi connectivity index (χ4n) is 3.53. The summed E-state index contributed by atoms with van der Waals surface area (Å²) < 4.78 is 0. The van der Waals surface area contributed by atoms with Gasteiger partial charge in [0, 0.05) is 50.9 Å². The fourth-order valence-corrected chi connectivity index (χ4v) is 3.53. The van der Waals surface area contributed by atoms with Gasteiger partial charge in [-0.2, -0.15) is 0 Å². The predicted molar refractivity (Wildman–Crippen MR) is 103 cm³/mol. The van der Waals surface area contributed by atoms with Crippen LogP contribution in [0.1, 0.15) is 24.6 Å². The lowest BCUT2D eigenvalue weighted by Gasteiger charge is -2.36. The maximum absolute atomic E-state index is 5.68. The molecule has 4 rings (SSSR count). The van der Waals surface area contributed by atoms with Crippen molar-refractivity contribution in [2.24, 2.45) is 5.16 Å². The molecule has 2 aliphatic heterocycles. The zero-order valence-corrected chi connectivity index (χ0v) is 15.2. The molecule has 0 N–H and O–H groups in total. The Balaban J connectivity index is 1.27. The van der Waals surface area contributed by atoms with Crippen LogP contribution in [0.5, 0.6) is 0 Å². The van der Waals surface area contributed by atoms with Gasteiger partial charge in [0.2, 0.25) is 0 Å². The average molecular weight is 351 g/mol. The molecule has 1 saturated heterocycles. The van der Waals surface area contributed by atoms with Crippen molar-refractivity contribution >= 4 is 11.5 Å². The number of rotatable bonds is 5. The van der Waals surface area contributed by atoms with E-state index in [9.17, 15) is 0 Å². The van der Waals surface area contributed by atoms with E-state index in [2.05, 4.69) is 50.0 Å². The van der Waals surface area contributed by atoms with Gasteiger partial charge in [-0.05, 0) is 12.0 Å². The van der Waals surface area contributed by atoms with E-state index < -0.39 is 0 Å². The van der Waals surface area contributed by atoms with E-state index in [0.717, 1.165) is 68.4 Å². The van der Waals surface area contributed by atoms with Gasteiger partial charge >= 0.3 is 0 Å². The van der Waals surface area contributed by atoms with Crippen molar-refractivity contribution in [1.29, 1.82) is 0 Å². The Bertz CT molecular complexity index is 756. The predicted octanol–water partition coefficient (Wildman–Crippen LogP) is 2.35. The highest BCUT2D eigenvalue weighted by atomic mass is 16.6. The highest BCUT2D eigenvalue weighted by Gasteiger charge is 2.26. The Morgan fingerprint density at radius 1 is 1.08 bits per heavy atom. The Morgan fingerprint density at radius 3 is 2.65 bits per heavy atom. The van der Waals surface area contributed by atoms with Gasteiger partial charge in [-0.1, -0.05) is 42.4 Å². The normalized spacial score (nSPS) is 20.7. The summed E-state index contributed by atoms with van der Waals surface area (Å²) in [6.07, 6.45) is 3.66. The second kappa shape index (κ2) is 7.83. The molecule has 1 unspecified atom stereocenters. The van der Waals surface area contributed by atoms with E-state index >= 15 is 0 Å². The van der Waals surface area contributed by atoms with Crippen LogP contribution in [0.2, 0.25) is 0 Å². The van der Waals surface area contributed by atoms with Gasteiger partial charge in [0.25, 0.3) is 0 Å². The highest BCUT2D eigenvalue weighted by Crippen LogP contribution is 2.19. The largest absolute Gasteiger partial charge is 0.390 e. The van der Waals surface area contributed by atoms with E-state index in [-0.39, 0.29) is 6.10 Å². The van der Waals surface area contributed by atoms with E-state index in [1.165, 1.54) is 0 Å². The van der Waals surface area contributed by atoms with Crippen LogP contribution >= 0.6 is 0 Å². The lowest BCUT2D eigenvalue weighted by molar-refractivity contribution is 0.0510. The Hall–Kier alpha value is -2.47. The molecule has 2 aromatic rings. The van der Waals surface area contributed by atoms with Gasteiger partial charge < -0.3 is 9.74 Å². The average Bonchev–Trinajstić information content (AvgIpc) is 3.18. The summed E-state index contributed by atoms with van der Waals surface area (Å²) in [7, 11) is 0. The minimum absolute atomic E-state index is 0.155. The van der Waals surface area contributed by atoms with Gasteiger partial charge in [0.15, 0.2) is 0 Å². The van der Waals surface area contributed by atoms with E-state index in [0.29, 0.717) is 0 Å². The SMILES string of the molecule is CCc1cc(N2CCN(CC3CC(c4ccccc4)=NO3)CC2)ncn1. The maximum Gasteiger partial charge on any atom is 0.145 e. The van der Waals surface area contributed by atoms with Crippen LogP contribution < -0.4 is 4.90 Å². The maximum atomic E-state index is 5.68. The Kier molecular flexibility index (Phi) is 5.11. The molecule has 136 valence electrons. The van der Waals surface area contributed by atoms with Crippen LogP contribution in [0.15, 0.2) is 47.9 Å². The van der Waals surface area contributed by atoms with Crippen LogP contribution in [0, 0.1) is 0 Å². The molecular weight excluding hydrogens is 326 g/mol. The second-order valence-electron chi connectivity index (χ2n) is 6.84. The first-order chi connectivity index (χ1) is 12.8. The highest BCUT2D eigenvalue weighted by molar-refractivity contribution is 6.01. The van der Waals surface area contributed by atoms with Crippen molar-refractivity contribution in [2.75, 3.05) is 37.6 Å². The fraction of sp³-hybridized carbons (Fsp3) is 0.450. The van der Waals surface area contributed by atoms with Crippen molar-refractivity contribution in [2.45, 2.75) is 25.9 Å². The lowest BCUT2D eigenvalue weighted by atomic mass is 10.0. The molecule has 6 heteroatoms. The Morgan fingerprint density at radius 2 is 1.88 bits per heavy atom. The van der Waals surface area contributed by atoms with Crippen LogP contribution in [0.25, 0.3) is 0 Å². The van der Waals surface area contributed by atoms with Gasteiger partial charge in [-0.15, -0.1) is 0 Å². The third-order valence-corrected chi connectivity index (χ3v) is 5.07. The van der Waals surface area contributed by atoms with E-state index in [1.807, 2.05) is 18.2 Å². The third kappa shape index (κ3) is 3.85. The number of aryl methyl sites for hydroxylation is 1. The number of anilines is 1. The number of nitrogens with zero attached hydrogens (tertiary/aromatic N) is 5. The van der Waals surface area contributed by atoms with Crippen molar-refractivity contribution in [3.8, 4) is 0 Å². The monoisotopic (exact) mass is 351 g/mol. The second-order valence-corrected chi connectivity index (χ2v) is 6.84. The minimum atomic E-state index is 0.155. The molecule has 0 amide bonds. The molecule has 0 aliphatic carbocycles. The smallest absolute Gasteiger partial charge is 0.145 e. The number of oxime groups is 1. The van der Waals surface area contributed by atoms with Gasteiger partial charge in [0.05, 0.1) is 5.71 Å².